The minimum atomic E-state index is 0. The maximum absolute atomic E-state index is 5.52. The monoisotopic (exact) mass is 297 g/mol. The summed E-state index contributed by atoms with van der Waals surface area (Å²) in [5.41, 5.74) is 1.71. The van der Waals surface area contributed by atoms with Crippen LogP contribution in [0.5, 0.6) is 6.01 Å². The van der Waals surface area contributed by atoms with Crippen LogP contribution in [0.2, 0.25) is 0 Å². The van der Waals surface area contributed by atoms with Gasteiger partial charge in [0.2, 0.25) is 0 Å². The minimum Gasteiger partial charge on any atom is -0.463 e. The highest BCUT2D eigenvalue weighted by molar-refractivity contribution is 8.93. The fourth-order valence-corrected chi connectivity index (χ4v) is 1.64. The van der Waals surface area contributed by atoms with Crippen molar-refractivity contribution in [2.45, 2.75) is 13.3 Å². The smallest absolute Gasteiger partial charge is 0.330 e. The highest BCUT2D eigenvalue weighted by atomic mass is 79.9. The second kappa shape index (κ2) is 4.75. The Balaban J connectivity index is 0.00000108. The van der Waals surface area contributed by atoms with Gasteiger partial charge in [0, 0.05) is 0 Å². The summed E-state index contributed by atoms with van der Waals surface area (Å²) in [5, 5.41) is 7.87. The molecule has 3 aromatic rings. The van der Waals surface area contributed by atoms with Crippen molar-refractivity contribution >= 4 is 33.9 Å². The van der Waals surface area contributed by atoms with E-state index >= 15 is 0 Å². The Morgan fingerprint density at radius 3 is 2.94 bits per heavy atom. The number of hydrogen-bond donors (Lipinski definition) is 0. The van der Waals surface area contributed by atoms with Crippen molar-refractivity contribution < 1.29 is 9.15 Å². The van der Waals surface area contributed by atoms with Gasteiger partial charge in [-0.25, -0.2) is 4.40 Å². The minimum absolute atomic E-state index is 0. The lowest BCUT2D eigenvalue weighted by atomic mass is 10.3. The number of aromatic nitrogens is 3. The number of fused-ring (bicyclic) bond motifs is 3. The maximum Gasteiger partial charge on any atom is 0.330 e. The van der Waals surface area contributed by atoms with Crippen LogP contribution < -0.4 is 4.74 Å². The largest absolute Gasteiger partial charge is 0.463 e. The number of ether oxygens (including phenoxy) is 1. The molecule has 0 N–H and O–H groups in total. The van der Waals surface area contributed by atoms with E-state index in [4.69, 9.17) is 9.15 Å². The topological polar surface area (TPSA) is 52.6 Å². The molecule has 0 fully saturated rings. The Bertz CT molecular complexity index is 632. The third-order valence-corrected chi connectivity index (χ3v) is 2.35. The van der Waals surface area contributed by atoms with Crippen molar-refractivity contribution in [1.82, 2.24) is 14.6 Å². The van der Waals surface area contributed by atoms with Crippen LogP contribution >= 0.6 is 17.0 Å². The van der Waals surface area contributed by atoms with Crippen LogP contribution in [0.15, 0.2) is 28.7 Å². The van der Waals surface area contributed by atoms with Crippen LogP contribution in [-0.4, -0.2) is 21.2 Å². The first-order valence-electron chi connectivity index (χ1n) is 5.25. The Morgan fingerprint density at radius 2 is 2.12 bits per heavy atom. The Hall–Kier alpha value is -1.56. The number of para-hydroxylation sites is 2. The molecular weight excluding hydrogens is 286 g/mol. The summed E-state index contributed by atoms with van der Waals surface area (Å²) >= 11 is 0. The van der Waals surface area contributed by atoms with Crippen LogP contribution in [0, 0.1) is 0 Å². The van der Waals surface area contributed by atoms with E-state index in [-0.39, 0.29) is 17.0 Å². The highest BCUT2D eigenvalue weighted by Crippen LogP contribution is 2.23. The zero-order valence-electron chi connectivity index (χ0n) is 9.29. The molecule has 3 rings (SSSR count). The summed E-state index contributed by atoms with van der Waals surface area (Å²) in [6.07, 6.45) is 0.935. The summed E-state index contributed by atoms with van der Waals surface area (Å²) in [5.74, 6) is 0.465. The van der Waals surface area contributed by atoms with Gasteiger partial charge in [-0.1, -0.05) is 29.3 Å². The van der Waals surface area contributed by atoms with E-state index in [1.54, 1.807) is 4.40 Å². The highest BCUT2D eigenvalue weighted by Gasteiger charge is 2.13. The Kier molecular flexibility index (Phi) is 3.33. The van der Waals surface area contributed by atoms with Crippen molar-refractivity contribution in [3.05, 3.63) is 24.3 Å². The number of rotatable bonds is 3. The summed E-state index contributed by atoms with van der Waals surface area (Å²) < 4.78 is 12.8. The number of oxazole rings is 1. The van der Waals surface area contributed by atoms with Crippen LogP contribution in [0.1, 0.15) is 13.3 Å². The molecule has 0 aliphatic heterocycles. The van der Waals surface area contributed by atoms with Gasteiger partial charge in [-0.15, -0.1) is 17.0 Å². The standard InChI is InChI=1S/C11H11N3O2.BrH/c1-2-7-15-10-12-13-11-14(10)8-5-3-4-6-9(8)16-11;/h3-6H,2,7H2,1H3;1H. The third kappa shape index (κ3) is 1.88. The van der Waals surface area contributed by atoms with Crippen molar-refractivity contribution in [2.24, 2.45) is 0 Å². The first-order chi connectivity index (χ1) is 7.90. The molecule has 0 amide bonds. The van der Waals surface area contributed by atoms with Crippen molar-refractivity contribution in [3.63, 3.8) is 0 Å². The molecular formula is C11H12BrN3O2. The van der Waals surface area contributed by atoms with Gasteiger partial charge in [0.05, 0.1) is 12.1 Å². The molecule has 0 aliphatic rings. The Labute approximate surface area is 108 Å². The summed E-state index contributed by atoms with van der Waals surface area (Å²) in [6, 6.07) is 8.20. The molecule has 90 valence electrons. The normalized spacial score (nSPS) is 10.6. The first kappa shape index (κ1) is 11.9. The number of benzene rings is 1. The zero-order valence-corrected chi connectivity index (χ0v) is 11.0. The average molecular weight is 298 g/mol. The molecule has 2 heterocycles. The van der Waals surface area contributed by atoms with Gasteiger partial charge >= 0.3 is 11.9 Å². The van der Waals surface area contributed by atoms with Gasteiger partial charge in [-0.3, -0.25) is 0 Å². The van der Waals surface area contributed by atoms with Crippen LogP contribution in [0.3, 0.4) is 0 Å². The molecule has 0 saturated heterocycles. The van der Waals surface area contributed by atoms with Gasteiger partial charge in [-0.05, 0) is 18.6 Å². The quantitative estimate of drug-likeness (QED) is 0.746. The van der Waals surface area contributed by atoms with E-state index in [0.29, 0.717) is 18.5 Å². The predicted octanol–water partition coefficient (Wildman–Crippen LogP) is 2.84. The van der Waals surface area contributed by atoms with Crippen molar-refractivity contribution in [2.75, 3.05) is 6.61 Å². The molecule has 17 heavy (non-hydrogen) atoms. The lowest BCUT2D eigenvalue weighted by Crippen LogP contribution is -1.99. The zero-order chi connectivity index (χ0) is 11.0. The fraction of sp³-hybridized carbons (Fsp3) is 0.273. The Morgan fingerprint density at radius 1 is 1.29 bits per heavy atom. The van der Waals surface area contributed by atoms with Crippen molar-refractivity contribution in [1.29, 1.82) is 0 Å². The average Bonchev–Trinajstić information content (AvgIpc) is 2.85. The van der Waals surface area contributed by atoms with Crippen molar-refractivity contribution in [3.8, 4) is 6.01 Å². The molecule has 0 unspecified atom stereocenters. The van der Waals surface area contributed by atoms with Gasteiger partial charge < -0.3 is 9.15 Å². The molecule has 0 bridgehead atoms. The van der Waals surface area contributed by atoms with Gasteiger partial charge in [-0.2, -0.15) is 0 Å². The molecule has 0 atom stereocenters. The maximum atomic E-state index is 5.52. The van der Waals surface area contributed by atoms with E-state index in [1.807, 2.05) is 31.2 Å². The van der Waals surface area contributed by atoms with E-state index in [1.165, 1.54) is 0 Å². The number of halogens is 1. The van der Waals surface area contributed by atoms with E-state index in [2.05, 4.69) is 10.2 Å². The van der Waals surface area contributed by atoms with E-state index < -0.39 is 0 Å². The number of nitrogens with zero attached hydrogens (tertiary/aromatic N) is 3. The molecule has 0 aliphatic carbocycles. The van der Waals surface area contributed by atoms with Gasteiger partial charge in [0.1, 0.15) is 0 Å². The van der Waals surface area contributed by atoms with Crippen LogP contribution in [0.25, 0.3) is 16.9 Å². The molecule has 0 saturated carbocycles. The molecule has 5 nitrogen and oxygen atoms in total. The lowest BCUT2D eigenvalue weighted by molar-refractivity contribution is 0.290. The lowest BCUT2D eigenvalue weighted by Gasteiger charge is -1.99. The molecule has 6 heteroatoms. The SMILES string of the molecule is Br.CCCOc1nnc2oc3ccccc3n12. The summed E-state index contributed by atoms with van der Waals surface area (Å²) in [4.78, 5) is 0. The molecule has 0 spiro atoms. The first-order valence-corrected chi connectivity index (χ1v) is 5.25. The second-order valence-electron chi connectivity index (χ2n) is 3.52. The summed E-state index contributed by atoms with van der Waals surface area (Å²) in [7, 11) is 0. The fourth-order valence-electron chi connectivity index (χ4n) is 1.64. The molecule has 2 aromatic heterocycles. The van der Waals surface area contributed by atoms with Crippen LogP contribution in [0.4, 0.5) is 0 Å². The van der Waals surface area contributed by atoms with Gasteiger partial charge in [0.15, 0.2) is 5.58 Å². The summed E-state index contributed by atoms with van der Waals surface area (Å²) in [6.45, 7) is 2.67. The van der Waals surface area contributed by atoms with E-state index in [9.17, 15) is 0 Å². The third-order valence-electron chi connectivity index (χ3n) is 2.35. The molecule has 0 radical (unpaired) electrons. The predicted molar refractivity (Wildman–Crippen MR) is 68.9 cm³/mol. The number of hydrogen-bond acceptors (Lipinski definition) is 4. The second-order valence-corrected chi connectivity index (χ2v) is 3.52. The van der Waals surface area contributed by atoms with E-state index in [0.717, 1.165) is 17.5 Å². The molecule has 1 aromatic carbocycles. The van der Waals surface area contributed by atoms with Gasteiger partial charge in [0.25, 0.3) is 0 Å². The van der Waals surface area contributed by atoms with Crippen LogP contribution in [-0.2, 0) is 0 Å².